The molecule has 19 heavy (non-hydrogen) atoms. The fraction of sp³-hybridized carbons (Fsp3) is 1.00. The molecule has 0 aliphatic carbocycles. The monoisotopic (exact) mass is 286 g/mol. The summed E-state index contributed by atoms with van der Waals surface area (Å²) in [5.74, 6) is 0. The summed E-state index contributed by atoms with van der Waals surface area (Å²) in [5.41, 5.74) is 0. The SMILES string of the molecule is CCCCCCCCCCCC[Si](C)(C)CCCO. The number of hydrogen-bond donors (Lipinski definition) is 1. The van der Waals surface area contributed by atoms with Crippen LogP contribution >= 0.6 is 0 Å². The maximum absolute atomic E-state index is 8.90. The molecular weight excluding hydrogens is 248 g/mol. The summed E-state index contributed by atoms with van der Waals surface area (Å²) in [6, 6.07) is 2.77. The van der Waals surface area contributed by atoms with E-state index in [1.165, 1.54) is 76.3 Å². The van der Waals surface area contributed by atoms with E-state index in [9.17, 15) is 0 Å². The lowest BCUT2D eigenvalue weighted by Crippen LogP contribution is -2.24. The standard InChI is InChI=1S/C17H38OSi/c1-4-5-6-7-8-9-10-11-12-13-16-19(2,3)17-14-15-18/h18H,4-17H2,1-3H3. The minimum Gasteiger partial charge on any atom is -0.396 e. The van der Waals surface area contributed by atoms with Crippen molar-refractivity contribution >= 4 is 8.07 Å². The first-order valence-electron chi connectivity index (χ1n) is 8.73. The molecule has 0 fully saturated rings. The van der Waals surface area contributed by atoms with Crippen LogP contribution in [-0.2, 0) is 0 Å². The second-order valence-corrected chi connectivity index (χ2v) is 12.3. The maximum atomic E-state index is 8.90. The lowest BCUT2D eigenvalue weighted by Gasteiger charge is -2.21. The molecule has 0 bridgehead atoms. The number of aliphatic hydroxyl groups excluding tert-OH is 1. The second kappa shape index (κ2) is 13.2. The van der Waals surface area contributed by atoms with Gasteiger partial charge in [-0.3, -0.25) is 0 Å². The van der Waals surface area contributed by atoms with E-state index in [1.807, 2.05) is 0 Å². The van der Waals surface area contributed by atoms with E-state index in [1.54, 1.807) is 0 Å². The predicted octanol–water partition coefficient (Wildman–Crippen LogP) is 6.00. The van der Waals surface area contributed by atoms with E-state index in [-0.39, 0.29) is 0 Å². The summed E-state index contributed by atoms with van der Waals surface area (Å²) < 4.78 is 0. The molecule has 0 unspecified atom stereocenters. The first kappa shape index (κ1) is 19.2. The van der Waals surface area contributed by atoms with Crippen LogP contribution in [0.4, 0.5) is 0 Å². The van der Waals surface area contributed by atoms with Gasteiger partial charge in [0.25, 0.3) is 0 Å². The molecular formula is C17H38OSi. The van der Waals surface area contributed by atoms with Gasteiger partial charge in [0.15, 0.2) is 0 Å². The van der Waals surface area contributed by atoms with Crippen LogP contribution in [0.3, 0.4) is 0 Å². The Morgan fingerprint density at radius 2 is 1.05 bits per heavy atom. The van der Waals surface area contributed by atoms with Crippen LogP contribution in [-0.4, -0.2) is 19.8 Å². The number of hydrogen-bond acceptors (Lipinski definition) is 1. The molecule has 2 heteroatoms. The van der Waals surface area contributed by atoms with E-state index >= 15 is 0 Å². The Kier molecular flexibility index (Phi) is 13.3. The third-order valence-corrected chi connectivity index (χ3v) is 7.63. The summed E-state index contributed by atoms with van der Waals surface area (Å²) >= 11 is 0. The molecule has 0 aromatic carbocycles. The van der Waals surface area contributed by atoms with Gasteiger partial charge >= 0.3 is 0 Å². The largest absolute Gasteiger partial charge is 0.396 e. The van der Waals surface area contributed by atoms with E-state index in [0.717, 1.165) is 6.42 Å². The molecule has 0 aromatic rings. The summed E-state index contributed by atoms with van der Waals surface area (Å²) in [4.78, 5) is 0. The van der Waals surface area contributed by atoms with Gasteiger partial charge in [-0.25, -0.2) is 0 Å². The van der Waals surface area contributed by atoms with Gasteiger partial charge in [0.05, 0.1) is 0 Å². The minimum atomic E-state index is -0.975. The predicted molar refractivity (Wildman–Crippen MR) is 90.6 cm³/mol. The van der Waals surface area contributed by atoms with Gasteiger partial charge in [0.1, 0.15) is 0 Å². The van der Waals surface area contributed by atoms with Crippen molar-refractivity contribution in [2.45, 2.75) is 103 Å². The highest BCUT2D eigenvalue weighted by atomic mass is 28.3. The normalized spacial score (nSPS) is 12.0. The van der Waals surface area contributed by atoms with Crippen LogP contribution in [0.5, 0.6) is 0 Å². The van der Waals surface area contributed by atoms with E-state index < -0.39 is 8.07 Å². The molecule has 0 amide bonds. The molecule has 1 N–H and O–H groups in total. The summed E-state index contributed by atoms with van der Waals surface area (Å²) in [6.07, 6.45) is 15.4. The highest BCUT2D eigenvalue weighted by Gasteiger charge is 2.18. The first-order valence-corrected chi connectivity index (χ1v) is 12.1. The smallest absolute Gasteiger partial charge is 0.0474 e. The highest BCUT2D eigenvalue weighted by Crippen LogP contribution is 2.21. The zero-order chi connectivity index (χ0) is 14.4. The average molecular weight is 287 g/mol. The Morgan fingerprint density at radius 1 is 0.632 bits per heavy atom. The Bertz CT molecular complexity index is 180. The lowest BCUT2D eigenvalue weighted by molar-refractivity contribution is 0.294. The molecule has 0 heterocycles. The number of unbranched alkanes of at least 4 members (excludes halogenated alkanes) is 9. The van der Waals surface area contributed by atoms with Crippen molar-refractivity contribution in [2.75, 3.05) is 6.61 Å². The molecule has 0 spiro atoms. The van der Waals surface area contributed by atoms with Gasteiger partial charge in [-0.15, -0.1) is 0 Å². The van der Waals surface area contributed by atoms with Crippen molar-refractivity contribution in [3.8, 4) is 0 Å². The summed E-state index contributed by atoms with van der Waals surface area (Å²) in [7, 11) is -0.975. The third-order valence-electron chi connectivity index (χ3n) is 4.22. The first-order chi connectivity index (χ1) is 9.12. The molecule has 116 valence electrons. The lowest BCUT2D eigenvalue weighted by atomic mass is 10.1. The van der Waals surface area contributed by atoms with Crippen molar-refractivity contribution in [3.05, 3.63) is 0 Å². The Balaban J connectivity index is 3.21. The Labute approximate surface area is 123 Å². The fourth-order valence-electron chi connectivity index (χ4n) is 2.77. The van der Waals surface area contributed by atoms with E-state index in [2.05, 4.69) is 20.0 Å². The van der Waals surface area contributed by atoms with Crippen LogP contribution in [0, 0.1) is 0 Å². The van der Waals surface area contributed by atoms with Crippen LogP contribution in [0.2, 0.25) is 25.2 Å². The van der Waals surface area contributed by atoms with E-state index in [4.69, 9.17) is 5.11 Å². The number of aliphatic hydroxyl groups is 1. The van der Waals surface area contributed by atoms with Crippen LogP contribution < -0.4 is 0 Å². The molecule has 0 saturated heterocycles. The number of rotatable bonds is 14. The van der Waals surface area contributed by atoms with Crippen LogP contribution in [0.15, 0.2) is 0 Å². The fourth-order valence-corrected chi connectivity index (χ4v) is 5.35. The average Bonchev–Trinajstić information content (AvgIpc) is 2.38. The topological polar surface area (TPSA) is 20.2 Å². The third kappa shape index (κ3) is 14.4. The van der Waals surface area contributed by atoms with Crippen LogP contribution in [0.1, 0.15) is 77.6 Å². The zero-order valence-electron chi connectivity index (χ0n) is 13.8. The second-order valence-electron chi connectivity index (χ2n) is 6.92. The molecule has 0 aromatic heterocycles. The van der Waals surface area contributed by atoms with Gasteiger partial charge in [0.2, 0.25) is 0 Å². The molecule has 0 atom stereocenters. The van der Waals surface area contributed by atoms with Crippen molar-refractivity contribution in [3.63, 3.8) is 0 Å². The van der Waals surface area contributed by atoms with E-state index in [0.29, 0.717) is 6.61 Å². The molecule has 0 rings (SSSR count). The van der Waals surface area contributed by atoms with Crippen molar-refractivity contribution in [1.29, 1.82) is 0 Å². The van der Waals surface area contributed by atoms with Gasteiger partial charge in [-0.2, -0.15) is 0 Å². The molecule has 1 nitrogen and oxygen atoms in total. The van der Waals surface area contributed by atoms with Crippen molar-refractivity contribution < 1.29 is 5.11 Å². The van der Waals surface area contributed by atoms with Gasteiger partial charge in [0, 0.05) is 14.7 Å². The molecule has 0 radical (unpaired) electrons. The maximum Gasteiger partial charge on any atom is 0.0474 e. The molecule has 0 aliphatic heterocycles. The summed E-state index contributed by atoms with van der Waals surface area (Å²) in [6.45, 7) is 7.63. The van der Waals surface area contributed by atoms with Crippen molar-refractivity contribution in [1.82, 2.24) is 0 Å². The van der Waals surface area contributed by atoms with Crippen molar-refractivity contribution in [2.24, 2.45) is 0 Å². The van der Waals surface area contributed by atoms with Gasteiger partial charge < -0.3 is 5.11 Å². The zero-order valence-corrected chi connectivity index (χ0v) is 14.8. The minimum absolute atomic E-state index is 0.383. The Morgan fingerprint density at radius 3 is 1.53 bits per heavy atom. The summed E-state index contributed by atoms with van der Waals surface area (Å²) in [5, 5.41) is 8.90. The van der Waals surface area contributed by atoms with Crippen LogP contribution in [0.25, 0.3) is 0 Å². The quantitative estimate of drug-likeness (QED) is 0.307. The molecule has 0 aliphatic rings. The Hall–Kier alpha value is 0.177. The molecule has 0 saturated carbocycles. The van der Waals surface area contributed by atoms with Gasteiger partial charge in [-0.05, 0) is 6.42 Å². The highest BCUT2D eigenvalue weighted by molar-refractivity contribution is 6.77. The van der Waals surface area contributed by atoms with Gasteiger partial charge in [-0.1, -0.05) is 96.3 Å².